The molecule has 7 nitrogen and oxygen atoms in total. The maximum absolute atomic E-state index is 12.1. The first-order valence-electron chi connectivity index (χ1n) is 8.32. The van der Waals surface area contributed by atoms with E-state index in [4.69, 9.17) is 9.47 Å². The average Bonchev–Trinajstić information content (AvgIpc) is 2.73. The van der Waals surface area contributed by atoms with Gasteiger partial charge >= 0.3 is 0 Å². The number of pyridine rings is 2. The third kappa shape index (κ3) is 4.72. The van der Waals surface area contributed by atoms with E-state index in [1.807, 2.05) is 18.2 Å². The summed E-state index contributed by atoms with van der Waals surface area (Å²) < 4.78 is 10.5. The van der Waals surface area contributed by atoms with Crippen molar-refractivity contribution in [3.63, 3.8) is 0 Å². The van der Waals surface area contributed by atoms with Gasteiger partial charge in [-0.15, -0.1) is 0 Å². The minimum atomic E-state index is -0.226. The van der Waals surface area contributed by atoms with Gasteiger partial charge in [0.2, 0.25) is 0 Å². The SMILES string of the molecule is COc1ccc(CNc2ccc(NC(=O)c3cccnc3)cn2)cc1OC. The molecule has 0 unspecified atom stereocenters. The van der Waals surface area contributed by atoms with Crippen LogP contribution in [0.2, 0.25) is 0 Å². The van der Waals surface area contributed by atoms with E-state index in [-0.39, 0.29) is 5.91 Å². The Bertz CT molecular complexity index is 899. The van der Waals surface area contributed by atoms with Crippen molar-refractivity contribution in [1.82, 2.24) is 9.97 Å². The standard InChI is InChI=1S/C20H20N4O3/c1-26-17-7-5-14(10-18(17)27-2)11-22-19-8-6-16(13-23-19)24-20(25)15-4-3-9-21-12-15/h3-10,12-13H,11H2,1-2H3,(H,22,23)(H,24,25). The molecular formula is C20H20N4O3. The van der Waals surface area contributed by atoms with Gasteiger partial charge in [0.25, 0.3) is 5.91 Å². The third-order valence-corrected chi connectivity index (χ3v) is 3.87. The molecule has 0 aliphatic rings. The summed E-state index contributed by atoms with van der Waals surface area (Å²) in [7, 11) is 3.21. The predicted molar refractivity (Wildman–Crippen MR) is 103 cm³/mol. The smallest absolute Gasteiger partial charge is 0.257 e. The number of methoxy groups -OCH3 is 2. The van der Waals surface area contributed by atoms with Crippen molar-refractivity contribution < 1.29 is 14.3 Å². The molecule has 1 amide bonds. The molecule has 2 N–H and O–H groups in total. The van der Waals surface area contributed by atoms with Crippen LogP contribution >= 0.6 is 0 Å². The van der Waals surface area contributed by atoms with Crippen LogP contribution in [0.15, 0.2) is 61.1 Å². The summed E-state index contributed by atoms with van der Waals surface area (Å²) in [4.78, 5) is 20.4. The van der Waals surface area contributed by atoms with E-state index in [0.717, 1.165) is 5.56 Å². The van der Waals surface area contributed by atoms with Gasteiger partial charge in [-0.25, -0.2) is 4.98 Å². The Morgan fingerprint density at radius 2 is 1.89 bits per heavy atom. The highest BCUT2D eigenvalue weighted by Crippen LogP contribution is 2.27. The molecule has 3 aromatic rings. The maximum Gasteiger partial charge on any atom is 0.257 e. The lowest BCUT2D eigenvalue weighted by Gasteiger charge is -2.11. The summed E-state index contributed by atoms with van der Waals surface area (Å²) in [6.07, 6.45) is 4.74. The van der Waals surface area contributed by atoms with E-state index in [0.29, 0.717) is 35.1 Å². The Morgan fingerprint density at radius 3 is 2.56 bits per heavy atom. The molecule has 0 aliphatic heterocycles. The van der Waals surface area contributed by atoms with Crippen LogP contribution in [0.25, 0.3) is 0 Å². The molecule has 2 aromatic heterocycles. The second-order valence-corrected chi connectivity index (χ2v) is 5.67. The molecule has 1 aromatic carbocycles. The number of hydrogen-bond acceptors (Lipinski definition) is 6. The number of aromatic nitrogens is 2. The van der Waals surface area contributed by atoms with Gasteiger partial charge in [0.05, 0.1) is 31.7 Å². The lowest BCUT2D eigenvalue weighted by molar-refractivity contribution is 0.102. The number of amides is 1. The van der Waals surface area contributed by atoms with Crippen molar-refractivity contribution >= 4 is 17.4 Å². The van der Waals surface area contributed by atoms with Crippen molar-refractivity contribution in [3.8, 4) is 11.5 Å². The Labute approximate surface area is 157 Å². The van der Waals surface area contributed by atoms with Crippen LogP contribution in [0, 0.1) is 0 Å². The number of carbonyl (C=O) groups is 1. The second kappa shape index (κ2) is 8.66. The van der Waals surface area contributed by atoms with Crippen molar-refractivity contribution in [3.05, 3.63) is 72.2 Å². The van der Waals surface area contributed by atoms with Crippen LogP contribution in [-0.4, -0.2) is 30.1 Å². The number of nitrogens with zero attached hydrogens (tertiary/aromatic N) is 2. The zero-order valence-corrected chi connectivity index (χ0v) is 15.1. The van der Waals surface area contributed by atoms with E-state index >= 15 is 0 Å². The van der Waals surface area contributed by atoms with Crippen molar-refractivity contribution in [2.75, 3.05) is 24.9 Å². The van der Waals surface area contributed by atoms with Crippen molar-refractivity contribution in [2.45, 2.75) is 6.54 Å². The van der Waals surface area contributed by atoms with Gasteiger partial charge in [0.15, 0.2) is 11.5 Å². The van der Waals surface area contributed by atoms with Gasteiger partial charge in [0, 0.05) is 18.9 Å². The molecule has 0 atom stereocenters. The van der Waals surface area contributed by atoms with Crippen molar-refractivity contribution in [2.24, 2.45) is 0 Å². The summed E-state index contributed by atoms with van der Waals surface area (Å²) >= 11 is 0. The summed E-state index contributed by atoms with van der Waals surface area (Å²) in [5, 5.41) is 6.02. The van der Waals surface area contributed by atoms with E-state index in [1.54, 1.807) is 50.9 Å². The molecule has 2 heterocycles. The van der Waals surface area contributed by atoms with E-state index in [1.165, 1.54) is 6.20 Å². The fourth-order valence-electron chi connectivity index (χ4n) is 2.46. The largest absolute Gasteiger partial charge is 0.493 e. The molecule has 0 saturated heterocycles. The Kier molecular flexibility index (Phi) is 5.84. The first-order chi connectivity index (χ1) is 13.2. The van der Waals surface area contributed by atoms with Crippen LogP contribution in [0.3, 0.4) is 0 Å². The molecule has 0 radical (unpaired) electrons. The lowest BCUT2D eigenvalue weighted by atomic mass is 10.2. The molecule has 138 valence electrons. The Hall–Kier alpha value is -3.61. The van der Waals surface area contributed by atoms with Gasteiger partial charge < -0.3 is 20.1 Å². The topological polar surface area (TPSA) is 85.4 Å². The Balaban J connectivity index is 1.59. The molecule has 0 fully saturated rings. The zero-order valence-electron chi connectivity index (χ0n) is 15.1. The first-order valence-corrected chi connectivity index (χ1v) is 8.32. The molecule has 0 aliphatic carbocycles. The van der Waals surface area contributed by atoms with E-state index in [9.17, 15) is 4.79 Å². The van der Waals surface area contributed by atoms with Gasteiger partial charge in [-0.05, 0) is 42.0 Å². The van der Waals surface area contributed by atoms with Crippen LogP contribution in [0.1, 0.15) is 15.9 Å². The van der Waals surface area contributed by atoms with Crippen molar-refractivity contribution in [1.29, 1.82) is 0 Å². The van der Waals surface area contributed by atoms with Gasteiger partial charge in [0.1, 0.15) is 5.82 Å². The molecule has 0 bridgehead atoms. The van der Waals surface area contributed by atoms with Gasteiger partial charge in [-0.2, -0.15) is 0 Å². The van der Waals surface area contributed by atoms with Crippen LogP contribution in [0.5, 0.6) is 11.5 Å². The lowest BCUT2D eigenvalue weighted by Crippen LogP contribution is -2.12. The molecule has 7 heteroatoms. The zero-order chi connectivity index (χ0) is 19.1. The van der Waals surface area contributed by atoms with Crippen LogP contribution < -0.4 is 20.1 Å². The number of benzene rings is 1. The summed E-state index contributed by atoms with van der Waals surface area (Å²) in [5.41, 5.74) is 2.14. The monoisotopic (exact) mass is 364 g/mol. The number of hydrogen-bond donors (Lipinski definition) is 2. The average molecular weight is 364 g/mol. The molecular weight excluding hydrogens is 344 g/mol. The molecule has 27 heavy (non-hydrogen) atoms. The minimum absolute atomic E-state index is 0.226. The highest BCUT2D eigenvalue weighted by atomic mass is 16.5. The molecule has 0 saturated carbocycles. The quantitative estimate of drug-likeness (QED) is 0.669. The third-order valence-electron chi connectivity index (χ3n) is 3.87. The normalized spacial score (nSPS) is 10.1. The molecule has 0 spiro atoms. The van der Waals surface area contributed by atoms with Gasteiger partial charge in [-0.1, -0.05) is 6.07 Å². The van der Waals surface area contributed by atoms with Crippen LogP contribution in [0.4, 0.5) is 11.5 Å². The maximum atomic E-state index is 12.1. The Morgan fingerprint density at radius 1 is 1.04 bits per heavy atom. The van der Waals surface area contributed by atoms with Crippen LogP contribution in [-0.2, 0) is 6.54 Å². The predicted octanol–water partition coefficient (Wildman–Crippen LogP) is 3.36. The van der Waals surface area contributed by atoms with E-state index < -0.39 is 0 Å². The number of nitrogens with one attached hydrogen (secondary N) is 2. The summed E-state index contributed by atoms with van der Waals surface area (Å²) in [5.74, 6) is 1.84. The summed E-state index contributed by atoms with van der Waals surface area (Å²) in [6, 6.07) is 12.7. The first kappa shape index (κ1) is 18.2. The number of carbonyl (C=O) groups excluding carboxylic acids is 1. The minimum Gasteiger partial charge on any atom is -0.493 e. The van der Waals surface area contributed by atoms with Gasteiger partial charge in [-0.3, -0.25) is 9.78 Å². The summed E-state index contributed by atoms with van der Waals surface area (Å²) in [6.45, 7) is 0.578. The second-order valence-electron chi connectivity index (χ2n) is 5.67. The van der Waals surface area contributed by atoms with E-state index in [2.05, 4.69) is 20.6 Å². The highest BCUT2D eigenvalue weighted by molar-refractivity contribution is 6.03. The number of anilines is 2. The fraction of sp³-hybridized carbons (Fsp3) is 0.150. The number of ether oxygens (including phenoxy) is 2. The fourth-order valence-corrected chi connectivity index (χ4v) is 2.46. The highest BCUT2D eigenvalue weighted by Gasteiger charge is 2.07. The molecule has 3 rings (SSSR count). The number of rotatable bonds is 7.